The van der Waals surface area contributed by atoms with E-state index in [1.54, 1.807) is 14.2 Å². The predicted molar refractivity (Wildman–Crippen MR) is 119 cm³/mol. The van der Waals surface area contributed by atoms with E-state index in [1.807, 2.05) is 24.3 Å². The standard InChI is InChI=1S/C25H25N3O2/c1-29-21-9-5-8-17(24(21)30-2)23-19-12-14-6-3-4-7-16(14)22(19)18-13-15(25(26)27)10-11-20(18)28-23/h3-11,13,19,22-23,28H,12H2,1-2H3,(H3,26,27). The Labute approximate surface area is 176 Å². The highest BCUT2D eigenvalue weighted by molar-refractivity contribution is 5.95. The first-order valence-corrected chi connectivity index (χ1v) is 10.2. The summed E-state index contributed by atoms with van der Waals surface area (Å²) < 4.78 is 11.3. The van der Waals surface area contributed by atoms with Crippen molar-refractivity contribution >= 4 is 11.5 Å². The second kappa shape index (κ2) is 7.10. The summed E-state index contributed by atoms with van der Waals surface area (Å²) in [5, 5.41) is 11.7. The molecule has 0 amide bonds. The number of benzene rings is 3. The lowest BCUT2D eigenvalue weighted by Crippen LogP contribution is -2.31. The van der Waals surface area contributed by atoms with E-state index < -0.39 is 0 Å². The van der Waals surface area contributed by atoms with Crippen molar-refractivity contribution in [3.05, 3.63) is 88.5 Å². The number of para-hydroxylation sites is 1. The molecule has 0 saturated carbocycles. The first-order chi connectivity index (χ1) is 14.6. The zero-order valence-corrected chi connectivity index (χ0v) is 17.1. The van der Waals surface area contributed by atoms with Gasteiger partial charge in [-0.15, -0.1) is 0 Å². The fourth-order valence-corrected chi connectivity index (χ4v) is 5.19. The van der Waals surface area contributed by atoms with Crippen LogP contribution in [0.25, 0.3) is 0 Å². The summed E-state index contributed by atoms with van der Waals surface area (Å²) in [4.78, 5) is 0. The van der Waals surface area contributed by atoms with E-state index >= 15 is 0 Å². The van der Waals surface area contributed by atoms with Crippen LogP contribution >= 0.6 is 0 Å². The molecule has 0 spiro atoms. The van der Waals surface area contributed by atoms with Gasteiger partial charge in [-0.05, 0) is 53.3 Å². The molecule has 0 bridgehead atoms. The molecule has 0 radical (unpaired) electrons. The maximum absolute atomic E-state index is 7.89. The highest BCUT2D eigenvalue weighted by Crippen LogP contribution is 2.55. The van der Waals surface area contributed by atoms with Crippen LogP contribution in [0.1, 0.15) is 39.8 Å². The summed E-state index contributed by atoms with van der Waals surface area (Å²) in [6.07, 6.45) is 0.975. The Morgan fingerprint density at radius 3 is 2.53 bits per heavy atom. The van der Waals surface area contributed by atoms with Crippen molar-refractivity contribution in [3.8, 4) is 11.5 Å². The average molecular weight is 399 g/mol. The number of nitrogens with one attached hydrogen (secondary N) is 2. The van der Waals surface area contributed by atoms with Gasteiger partial charge >= 0.3 is 0 Å². The number of amidine groups is 1. The lowest BCUT2D eigenvalue weighted by atomic mass is 9.75. The van der Waals surface area contributed by atoms with E-state index in [4.69, 9.17) is 20.6 Å². The van der Waals surface area contributed by atoms with Crippen LogP contribution in [-0.2, 0) is 6.42 Å². The highest BCUT2D eigenvalue weighted by Gasteiger charge is 2.44. The van der Waals surface area contributed by atoms with E-state index in [2.05, 4.69) is 41.7 Å². The summed E-state index contributed by atoms with van der Waals surface area (Å²) in [6.45, 7) is 0. The SMILES string of the molecule is COc1cccc(C2Nc3ccc(C(=N)N)cc3C3c4ccccc4CC23)c1OC. The summed E-state index contributed by atoms with van der Waals surface area (Å²) in [7, 11) is 3.36. The minimum Gasteiger partial charge on any atom is -0.493 e. The molecule has 1 heterocycles. The van der Waals surface area contributed by atoms with Crippen molar-refractivity contribution in [1.82, 2.24) is 0 Å². The molecule has 0 saturated heterocycles. The highest BCUT2D eigenvalue weighted by atomic mass is 16.5. The van der Waals surface area contributed by atoms with Gasteiger partial charge in [-0.25, -0.2) is 0 Å². The third-order valence-corrected chi connectivity index (χ3v) is 6.48. The van der Waals surface area contributed by atoms with Gasteiger partial charge in [-0.3, -0.25) is 5.41 Å². The molecule has 5 rings (SSSR count). The molecular weight excluding hydrogens is 374 g/mol. The molecule has 1 aliphatic carbocycles. The first kappa shape index (κ1) is 18.6. The van der Waals surface area contributed by atoms with Crippen LogP contribution < -0.4 is 20.5 Å². The molecule has 3 unspecified atom stereocenters. The van der Waals surface area contributed by atoms with E-state index in [-0.39, 0.29) is 17.8 Å². The van der Waals surface area contributed by atoms with Crippen LogP contribution in [0, 0.1) is 11.3 Å². The molecule has 0 aromatic heterocycles. The lowest BCUT2D eigenvalue weighted by Gasteiger charge is -2.38. The molecule has 4 N–H and O–H groups in total. The number of hydrogen-bond acceptors (Lipinski definition) is 4. The fraction of sp³-hybridized carbons (Fsp3) is 0.240. The van der Waals surface area contributed by atoms with Gasteiger partial charge in [0.05, 0.1) is 20.3 Å². The molecule has 3 aromatic rings. The number of fused-ring (bicyclic) bond motifs is 5. The zero-order valence-electron chi connectivity index (χ0n) is 17.1. The van der Waals surface area contributed by atoms with Crippen LogP contribution in [0.4, 0.5) is 5.69 Å². The number of nitrogens with two attached hydrogens (primary N) is 1. The van der Waals surface area contributed by atoms with Crippen molar-refractivity contribution in [2.45, 2.75) is 18.4 Å². The smallest absolute Gasteiger partial charge is 0.165 e. The van der Waals surface area contributed by atoms with Crippen LogP contribution in [0.5, 0.6) is 11.5 Å². The Bertz CT molecular complexity index is 1140. The van der Waals surface area contributed by atoms with Gasteiger partial charge in [-0.2, -0.15) is 0 Å². The van der Waals surface area contributed by atoms with E-state index in [0.717, 1.165) is 34.7 Å². The number of ether oxygens (including phenoxy) is 2. The molecule has 30 heavy (non-hydrogen) atoms. The van der Waals surface area contributed by atoms with Gasteiger partial charge in [0.1, 0.15) is 5.84 Å². The number of methoxy groups -OCH3 is 2. The molecule has 1 aliphatic heterocycles. The molecular formula is C25H25N3O2. The molecule has 3 atom stereocenters. The van der Waals surface area contributed by atoms with Gasteiger partial charge in [0.15, 0.2) is 11.5 Å². The molecule has 0 fully saturated rings. The van der Waals surface area contributed by atoms with E-state index in [9.17, 15) is 0 Å². The van der Waals surface area contributed by atoms with Crippen molar-refractivity contribution in [1.29, 1.82) is 5.41 Å². The molecule has 3 aromatic carbocycles. The predicted octanol–water partition coefficient (Wildman–Crippen LogP) is 4.46. The fourth-order valence-electron chi connectivity index (χ4n) is 5.19. The van der Waals surface area contributed by atoms with Crippen LogP contribution in [0.2, 0.25) is 0 Å². The van der Waals surface area contributed by atoms with Crippen LogP contribution in [-0.4, -0.2) is 20.1 Å². The van der Waals surface area contributed by atoms with Gasteiger partial charge in [0.25, 0.3) is 0 Å². The van der Waals surface area contributed by atoms with Gasteiger partial charge < -0.3 is 20.5 Å². The Hall–Kier alpha value is -3.47. The molecule has 152 valence electrons. The lowest BCUT2D eigenvalue weighted by molar-refractivity contribution is 0.340. The average Bonchev–Trinajstić information content (AvgIpc) is 3.17. The van der Waals surface area contributed by atoms with E-state index in [1.165, 1.54) is 16.7 Å². The zero-order chi connectivity index (χ0) is 20.8. The second-order valence-electron chi connectivity index (χ2n) is 7.96. The maximum atomic E-state index is 7.89. The summed E-state index contributed by atoms with van der Waals surface area (Å²) >= 11 is 0. The first-order valence-electron chi connectivity index (χ1n) is 10.2. The Kier molecular flexibility index (Phi) is 4.39. The minimum atomic E-state index is 0.0723. The molecule has 5 nitrogen and oxygen atoms in total. The quantitative estimate of drug-likeness (QED) is 0.447. The van der Waals surface area contributed by atoms with Crippen LogP contribution in [0.3, 0.4) is 0 Å². The van der Waals surface area contributed by atoms with Crippen molar-refractivity contribution in [2.75, 3.05) is 19.5 Å². The van der Waals surface area contributed by atoms with Crippen molar-refractivity contribution < 1.29 is 9.47 Å². The minimum absolute atomic E-state index is 0.0723. The van der Waals surface area contributed by atoms with Crippen molar-refractivity contribution in [3.63, 3.8) is 0 Å². The number of anilines is 1. The Morgan fingerprint density at radius 1 is 0.967 bits per heavy atom. The van der Waals surface area contributed by atoms with E-state index in [0.29, 0.717) is 5.92 Å². The summed E-state index contributed by atoms with van der Waals surface area (Å²) in [6, 6.07) is 20.8. The Morgan fingerprint density at radius 2 is 1.77 bits per heavy atom. The Balaban J connectivity index is 1.70. The summed E-state index contributed by atoms with van der Waals surface area (Å²) in [5.74, 6) is 2.16. The van der Waals surface area contributed by atoms with Gasteiger partial charge in [-0.1, -0.05) is 36.4 Å². The molecule has 2 aliphatic rings. The normalized spacial score (nSPS) is 21.1. The second-order valence-corrected chi connectivity index (χ2v) is 7.96. The number of rotatable bonds is 4. The van der Waals surface area contributed by atoms with Gasteiger partial charge in [0.2, 0.25) is 0 Å². The monoisotopic (exact) mass is 399 g/mol. The summed E-state index contributed by atoms with van der Waals surface area (Å²) in [5.41, 5.74) is 12.7. The van der Waals surface area contributed by atoms with Crippen molar-refractivity contribution in [2.24, 2.45) is 11.7 Å². The van der Waals surface area contributed by atoms with Crippen LogP contribution in [0.15, 0.2) is 60.7 Å². The van der Waals surface area contributed by atoms with Gasteiger partial charge in [0, 0.05) is 22.7 Å². The third-order valence-electron chi connectivity index (χ3n) is 6.48. The number of nitrogen functional groups attached to an aromatic ring is 1. The topological polar surface area (TPSA) is 80.4 Å². The number of hydrogen-bond donors (Lipinski definition) is 3. The molecule has 5 heteroatoms. The largest absolute Gasteiger partial charge is 0.493 e. The maximum Gasteiger partial charge on any atom is 0.165 e. The third kappa shape index (κ3) is 2.73.